The number of alkyl halides is 3. The first-order valence-corrected chi connectivity index (χ1v) is 20.5. The van der Waals surface area contributed by atoms with E-state index in [9.17, 15) is 42.3 Å². The maximum Gasteiger partial charge on any atom is 0.435 e. The van der Waals surface area contributed by atoms with Crippen LogP contribution < -0.4 is 16.1 Å². The molecule has 0 unspecified atom stereocenters. The minimum atomic E-state index is -4.92. The molecule has 3 saturated heterocycles. The Morgan fingerprint density at radius 2 is 1.68 bits per heavy atom. The number of imidazole rings is 1. The Bertz CT molecular complexity index is 2610. The summed E-state index contributed by atoms with van der Waals surface area (Å²) in [6.07, 6.45) is -0.184. The minimum absolute atomic E-state index is 0.00644. The van der Waals surface area contributed by atoms with Crippen molar-refractivity contribution in [1.82, 2.24) is 49.9 Å². The number of benzene rings is 1. The first kappa shape index (κ1) is 43.3. The predicted molar refractivity (Wildman–Crippen MR) is 218 cm³/mol. The van der Waals surface area contributed by atoms with Gasteiger partial charge in [-0.3, -0.25) is 24.4 Å². The van der Waals surface area contributed by atoms with E-state index in [-0.39, 0.29) is 76.7 Å². The van der Waals surface area contributed by atoms with E-state index in [1.165, 1.54) is 53.6 Å². The summed E-state index contributed by atoms with van der Waals surface area (Å²) in [5.74, 6) is -2.80. The van der Waals surface area contributed by atoms with Crippen LogP contribution in [0, 0.1) is 11.8 Å². The zero-order valence-electron chi connectivity index (χ0n) is 33.8. The fourth-order valence-corrected chi connectivity index (χ4v) is 8.93. The number of halogens is 4. The van der Waals surface area contributed by atoms with Crippen molar-refractivity contribution in [3.8, 4) is 17.1 Å². The van der Waals surface area contributed by atoms with E-state index in [1.54, 1.807) is 9.80 Å². The Morgan fingerprint density at radius 3 is 2.32 bits per heavy atom. The van der Waals surface area contributed by atoms with Gasteiger partial charge in [-0.2, -0.15) is 18.3 Å². The van der Waals surface area contributed by atoms with Crippen molar-refractivity contribution in [3.05, 3.63) is 76.7 Å². The molecule has 3 aliphatic rings. The van der Waals surface area contributed by atoms with Crippen LogP contribution in [0.2, 0.25) is 5.02 Å². The normalized spacial score (nSPS) is 19.5. The van der Waals surface area contributed by atoms with Crippen LogP contribution in [0.3, 0.4) is 0 Å². The van der Waals surface area contributed by atoms with Crippen LogP contribution in [-0.2, 0) is 22.8 Å². The average molecular weight is 896 g/mol. The summed E-state index contributed by atoms with van der Waals surface area (Å²) in [5, 5.41) is 28.6. The second-order valence-electron chi connectivity index (χ2n) is 16.2. The lowest BCUT2D eigenvalue weighted by atomic mass is 9.90. The number of hydrogen-bond donors (Lipinski definition) is 6. The van der Waals surface area contributed by atoms with Crippen LogP contribution in [0.4, 0.5) is 18.9 Å². The van der Waals surface area contributed by atoms with E-state index >= 15 is 0 Å². The molecule has 19 nitrogen and oxygen atoms in total. The number of anilines is 1. The molecule has 332 valence electrons. The van der Waals surface area contributed by atoms with Crippen LogP contribution in [0.1, 0.15) is 50.0 Å². The van der Waals surface area contributed by atoms with E-state index in [1.807, 2.05) is 0 Å². The van der Waals surface area contributed by atoms with Gasteiger partial charge >= 0.3 is 12.1 Å². The van der Waals surface area contributed by atoms with Crippen LogP contribution >= 0.6 is 11.6 Å². The number of piperidine rings is 1. The van der Waals surface area contributed by atoms with Crippen molar-refractivity contribution in [2.24, 2.45) is 18.9 Å². The number of pyridine rings is 1. The molecule has 63 heavy (non-hydrogen) atoms. The zero-order chi connectivity index (χ0) is 44.8. The molecule has 1 aromatic carbocycles. The summed E-state index contributed by atoms with van der Waals surface area (Å²) in [6.45, 7) is 5.11. The van der Waals surface area contributed by atoms with Crippen molar-refractivity contribution < 1.29 is 51.9 Å². The first-order valence-electron chi connectivity index (χ1n) is 20.1. The lowest BCUT2D eigenvalue weighted by Gasteiger charge is -2.46. The third-order valence-corrected chi connectivity index (χ3v) is 12.4. The molecule has 6 N–H and O–H groups in total. The highest BCUT2D eigenvalue weighted by molar-refractivity contribution is 6.34. The molecule has 3 aliphatic heterocycles. The standard InChI is InChI=1S/C40H42ClF3N12O7/c1-52-31(27-19-55(50-34(27)40(42,43)44)32-14-29-24(17-46-32)12-30(49-29)36(59)51-63)18-47-35(52)37(60)48-25-2-3-26(28(41)13-25)39(62)54-8-6-53(7-9-54)38(61)23-4-10-56(11-5-23,21-33(57)58)20-22-15-45-16-22/h2-3,12-14,17-19,22-23,45H,4-11,15-16,20-21H2,1H3,(H4-,46,47,48,49,51,57,58,59,60,62,63)/p+1. The number of amides is 4. The Kier molecular flexibility index (Phi) is 11.7. The lowest BCUT2D eigenvalue weighted by molar-refractivity contribution is -0.929. The highest BCUT2D eigenvalue weighted by atomic mass is 35.5. The summed E-state index contributed by atoms with van der Waals surface area (Å²) in [4.78, 5) is 78.4. The Morgan fingerprint density at radius 1 is 0.968 bits per heavy atom. The third kappa shape index (κ3) is 8.83. The van der Waals surface area contributed by atoms with Gasteiger partial charge in [0.1, 0.15) is 5.69 Å². The SMILES string of the molecule is Cn1c(-c2cn(-c3cc4[nH]c(C(=O)NO)cc4cn3)nc2C(F)(F)F)cnc1C(=O)Nc1ccc(C(=O)N2CCN(C(=O)C3CC[N+](CC(=O)O)(CC4CNC4)CC3)CC2)c(Cl)c1. The number of hydrogen-bond acceptors (Lipinski definition) is 10. The lowest BCUT2D eigenvalue weighted by Crippen LogP contribution is -2.62. The first-order chi connectivity index (χ1) is 30.0. The number of rotatable bonds is 11. The molecular weight excluding hydrogens is 853 g/mol. The number of hydroxylamine groups is 1. The van der Waals surface area contributed by atoms with Crippen molar-refractivity contribution in [1.29, 1.82) is 0 Å². The number of carboxylic acids is 1. The largest absolute Gasteiger partial charge is 0.477 e. The number of carbonyl (C=O) groups is 5. The van der Waals surface area contributed by atoms with Crippen molar-refractivity contribution in [2.45, 2.75) is 19.0 Å². The second-order valence-corrected chi connectivity index (χ2v) is 16.6. The molecule has 3 fully saturated rings. The zero-order valence-corrected chi connectivity index (χ0v) is 34.5. The van der Waals surface area contributed by atoms with Gasteiger partial charge in [0.25, 0.3) is 17.7 Å². The molecule has 7 heterocycles. The Balaban J connectivity index is 0.893. The van der Waals surface area contributed by atoms with Crippen LogP contribution in [0.5, 0.6) is 0 Å². The summed E-state index contributed by atoms with van der Waals surface area (Å²) in [5.41, 5.74) is 0.436. The van der Waals surface area contributed by atoms with Crippen molar-refractivity contribution >= 4 is 57.8 Å². The second kappa shape index (κ2) is 17.1. The number of piperazine rings is 1. The van der Waals surface area contributed by atoms with Gasteiger partial charge in [-0.05, 0) is 24.3 Å². The smallest absolute Gasteiger partial charge is 0.435 e. The van der Waals surface area contributed by atoms with E-state index in [0.29, 0.717) is 60.3 Å². The Hall–Kier alpha value is -6.36. The number of aromatic amines is 1. The van der Waals surface area contributed by atoms with Crippen LogP contribution in [0.25, 0.3) is 28.0 Å². The average Bonchev–Trinajstić information content (AvgIpc) is 3.98. The van der Waals surface area contributed by atoms with E-state index in [0.717, 1.165) is 36.7 Å². The van der Waals surface area contributed by atoms with E-state index in [4.69, 9.17) is 16.8 Å². The van der Waals surface area contributed by atoms with Crippen molar-refractivity contribution in [2.75, 3.05) is 70.8 Å². The van der Waals surface area contributed by atoms with Gasteiger partial charge in [0, 0.05) is 101 Å². The molecule has 0 radical (unpaired) electrons. The van der Waals surface area contributed by atoms with Gasteiger partial charge in [0.2, 0.25) is 5.91 Å². The topological polar surface area (TPSA) is 233 Å². The van der Waals surface area contributed by atoms with E-state index in [2.05, 4.69) is 30.7 Å². The molecule has 0 spiro atoms. The maximum absolute atomic E-state index is 14.3. The number of aromatic nitrogens is 6. The number of nitrogens with one attached hydrogen (secondary N) is 4. The fraction of sp³-hybridized carbons (Fsp3) is 0.400. The number of fused-ring (bicyclic) bond motifs is 1. The van der Waals surface area contributed by atoms with Gasteiger partial charge < -0.3 is 39.6 Å². The highest BCUT2D eigenvalue weighted by Gasteiger charge is 2.43. The molecular formula is C40H43ClF3N12O7+. The fourth-order valence-electron chi connectivity index (χ4n) is 8.67. The summed E-state index contributed by atoms with van der Waals surface area (Å²) < 4.78 is 45.6. The third-order valence-electron chi connectivity index (χ3n) is 12.1. The summed E-state index contributed by atoms with van der Waals surface area (Å²) >= 11 is 6.56. The number of H-pyrrole nitrogens is 1. The summed E-state index contributed by atoms with van der Waals surface area (Å²) in [7, 11) is 1.37. The maximum atomic E-state index is 14.3. The quantitative estimate of drug-likeness (QED) is 0.0641. The predicted octanol–water partition coefficient (Wildman–Crippen LogP) is 3.01. The number of aliphatic carboxylic acids is 1. The summed E-state index contributed by atoms with van der Waals surface area (Å²) in [6, 6.07) is 7.07. The van der Waals surface area contributed by atoms with Gasteiger partial charge in [-0.15, -0.1) is 0 Å². The van der Waals surface area contributed by atoms with Crippen LogP contribution in [-0.4, -0.2) is 149 Å². The van der Waals surface area contributed by atoms with E-state index < -0.39 is 35.2 Å². The van der Waals surface area contributed by atoms with Crippen LogP contribution in [0.15, 0.2) is 48.9 Å². The molecule has 4 amide bonds. The molecule has 0 saturated carbocycles. The molecule has 0 atom stereocenters. The van der Waals surface area contributed by atoms with Gasteiger partial charge in [-0.1, -0.05) is 11.6 Å². The molecule has 0 aliphatic carbocycles. The van der Waals surface area contributed by atoms with Gasteiger partial charge in [0.05, 0.1) is 53.2 Å². The highest BCUT2D eigenvalue weighted by Crippen LogP contribution is 2.37. The Labute approximate surface area is 361 Å². The minimum Gasteiger partial charge on any atom is -0.477 e. The molecule has 5 aromatic rings. The number of quaternary nitrogens is 1. The van der Waals surface area contributed by atoms with Gasteiger partial charge in [-0.25, -0.2) is 24.9 Å². The number of nitrogens with zero attached hydrogens (tertiary/aromatic N) is 8. The number of likely N-dealkylation sites (tertiary alicyclic amines) is 1. The molecule has 23 heteroatoms. The number of carbonyl (C=O) groups excluding carboxylic acids is 4. The van der Waals surface area contributed by atoms with Crippen molar-refractivity contribution in [3.63, 3.8) is 0 Å². The molecule has 8 rings (SSSR count). The monoisotopic (exact) mass is 895 g/mol. The van der Waals surface area contributed by atoms with Gasteiger partial charge in [0.15, 0.2) is 23.9 Å². The number of carboxylic acid groups (broad SMARTS) is 1. The molecule has 0 bridgehead atoms. The molecule has 4 aromatic heterocycles.